The highest BCUT2D eigenvalue weighted by Crippen LogP contribution is 2.35. The van der Waals surface area contributed by atoms with Gasteiger partial charge in [0.05, 0.1) is 0 Å². The van der Waals surface area contributed by atoms with E-state index < -0.39 is 0 Å². The Morgan fingerprint density at radius 2 is 1.65 bits per heavy atom. The lowest BCUT2D eigenvalue weighted by Gasteiger charge is -2.11. The molecule has 0 amide bonds. The van der Waals surface area contributed by atoms with E-state index in [1.807, 2.05) is 61.5 Å². The summed E-state index contributed by atoms with van der Waals surface area (Å²) in [6, 6.07) is 13.5. The molecule has 6 nitrogen and oxygen atoms in total. The molecule has 6 heteroatoms. The third-order valence-corrected chi connectivity index (χ3v) is 3.69. The smallest absolute Gasteiger partial charge is 0.258 e. The van der Waals surface area contributed by atoms with Crippen LogP contribution in [-0.4, -0.2) is 31.0 Å². The van der Waals surface area contributed by atoms with Crippen molar-refractivity contribution in [1.29, 1.82) is 0 Å². The fourth-order valence-corrected chi connectivity index (χ4v) is 2.40. The number of anilines is 1. The maximum absolute atomic E-state index is 5.37. The van der Waals surface area contributed by atoms with Gasteiger partial charge in [-0.1, -0.05) is 5.16 Å². The molecule has 1 aliphatic rings. The molecule has 4 rings (SSSR count). The van der Waals surface area contributed by atoms with Crippen LogP contribution in [0.25, 0.3) is 22.8 Å². The first-order valence-corrected chi connectivity index (χ1v) is 7.22. The molecule has 116 valence electrons. The van der Waals surface area contributed by atoms with Crippen LogP contribution in [-0.2, 0) is 0 Å². The van der Waals surface area contributed by atoms with Crippen molar-refractivity contribution in [3.63, 3.8) is 0 Å². The van der Waals surface area contributed by atoms with Gasteiger partial charge in [-0.05, 0) is 42.5 Å². The molecule has 2 heterocycles. The quantitative estimate of drug-likeness (QED) is 0.740. The standard InChI is InChI=1S/C17H15N3O3/c1-20(2)13-6-3-11(4-7-13)16-18-17(23-19-16)12-5-8-14-15(9-12)22-10-21-14/h3-9H,10H2,1-2H3. The van der Waals surface area contributed by atoms with Crippen molar-refractivity contribution in [2.45, 2.75) is 0 Å². The fourth-order valence-electron chi connectivity index (χ4n) is 2.40. The van der Waals surface area contributed by atoms with Crippen LogP contribution in [0.1, 0.15) is 0 Å². The summed E-state index contributed by atoms with van der Waals surface area (Å²) in [6.45, 7) is 0.242. The van der Waals surface area contributed by atoms with Crippen LogP contribution in [0.4, 0.5) is 5.69 Å². The van der Waals surface area contributed by atoms with Crippen molar-refractivity contribution in [2.75, 3.05) is 25.8 Å². The van der Waals surface area contributed by atoms with Gasteiger partial charge in [-0.2, -0.15) is 4.98 Å². The van der Waals surface area contributed by atoms with Gasteiger partial charge in [0.1, 0.15) is 0 Å². The van der Waals surface area contributed by atoms with Crippen LogP contribution in [0, 0.1) is 0 Å². The van der Waals surface area contributed by atoms with Gasteiger partial charge in [-0.15, -0.1) is 0 Å². The number of rotatable bonds is 3. The lowest BCUT2D eigenvalue weighted by atomic mass is 10.2. The molecule has 0 saturated heterocycles. The molecule has 0 saturated carbocycles. The molecule has 1 aromatic heterocycles. The van der Waals surface area contributed by atoms with E-state index in [-0.39, 0.29) is 6.79 Å². The minimum atomic E-state index is 0.242. The Labute approximate surface area is 133 Å². The monoisotopic (exact) mass is 309 g/mol. The summed E-state index contributed by atoms with van der Waals surface area (Å²) in [5, 5.41) is 4.06. The topological polar surface area (TPSA) is 60.6 Å². The largest absolute Gasteiger partial charge is 0.454 e. The van der Waals surface area contributed by atoms with Gasteiger partial charge in [-0.3, -0.25) is 0 Å². The van der Waals surface area contributed by atoms with Gasteiger partial charge in [0.25, 0.3) is 5.89 Å². The molecular formula is C17H15N3O3. The molecule has 0 radical (unpaired) electrons. The van der Waals surface area contributed by atoms with E-state index in [0.717, 1.165) is 22.6 Å². The Morgan fingerprint density at radius 1 is 0.913 bits per heavy atom. The molecular weight excluding hydrogens is 294 g/mol. The Bertz CT molecular complexity index is 841. The average Bonchev–Trinajstić information content (AvgIpc) is 3.23. The van der Waals surface area contributed by atoms with Crippen molar-refractivity contribution < 1.29 is 14.0 Å². The first kappa shape index (κ1) is 13.6. The zero-order valence-electron chi connectivity index (χ0n) is 12.8. The minimum absolute atomic E-state index is 0.242. The second-order valence-corrected chi connectivity index (χ2v) is 5.43. The SMILES string of the molecule is CN(C)c1ccc(-c2noc(-c3ccc4c(c3)OCO4)n2)cc1. The van der Waals surface area contributed by atoms with E-state index in [1.54, 1.807) is 0 Å². The first-order chi connectivity index (χ1) is 11.2. The number of benzene rings is 2. The van der Waals surface area contributed by atoms with Crippen molar-refractivity contribution in [1.82, 2.24) is 10.1 Å². The van der Waals surface area contributed by atoms with Crippen LogP contribution >= 0.6 is 0 Å². The van der Waals surface area contributed by atoms with E-state index in [4.69, 9.17) is 14.0 Å². The van der Waals surface area contributed by atoms with E-state index in [1.165, 1.54) is 0 Å². The highest BCUT2D eigenvalue weighted by molar-refractivity contribution is 5.64. The van der Waals surface area contributed by atoms with Crippen LogP contribution < -0.4 is 14.4 Å². The third-order valence-electron chi connectivity index (χ3n) is 3.69. The summed E-state index contributed by atoms with van der Waals surface area (Å²) < 4.78 is 16.0. The Hall–Kier alpha value is -3.02. The lowest BCUT2D eigenvalue weighted by molar-refractivity contribution is 0.174. The second kappa shape index (κ2) is 5.31. The van der Waals surface area contributed by atoms with Crippen LogP contribution in [0.3, 0.4) is 0 Å². The predicted octanol–water partition coefficient (Wildman–Crippen LogP) is 3.20. The lowest BCUT2D eigenvalue weighted by Crippen LogP contribution is -2.07. The number of nitrogens with zero attached hydrogens (tertiary/aromatic N) is 3. The van der Waals surface area contributed by atoms with E-state index in [2.05, 4.69) is 10.1 Å². The zero-order chi connectivity index (χ0) is 15.8. The van der Waals surface area contributed by atoms with Crippen LogP contribution in [0.15, 0.2) is 47.0 Å². The summed E-state index contributed by atoms with van der Waals surface area (Å²) in [5.74, 6) is 2.43. The van der Waals surface area contributed by atoms with Gasteiger partial charge < -0.3 is 18.9 Å². The van der Waals surface area contributed by atoms with Crippen LogP contribution in [0.2, 0.25) is 0 Å². The first-order valence-electron chi connectivity index (χ1n) is 7.22. The Kier molecular flexibility index (Phi) is 3.15. The number of aromatic nitrogens is 2. The van der Waals surface area contributed by atoms with Crippen molar-refractivity contribution in [2.24, 2.45) is 0 Å². The van der Waals surface area contributed by atoms with Gasteiger partial charge in [0, 0.05) is 30.9 Å². The van der Waals surface area contributed by atoms with Gasteiger partial charge >= 0.3 is 0 Å². The second-order valence-electron chi connectivity index (χ2n) is 5.43. The predicted molar refractivity (Wildman–Crippen MR) is 85.6 cm³/mol. The molecule has 0 unspecified atom stereocenters. The summed E-state index contributed by atoms with van der Waals surface area (Å²) in [6.07, 6.45) is 0. The molecule has 23 heavy (non-hydrogen) atoms. The molecule has 1 aliphatic heterocycles. The Morgan fingerprint density at radius 3 is 2.43 bits per heavy atom. The third kappa shape index (κ3) is 2.48. The number of fused-ring (bicyclic) bond motifs is 1. The number of hydrogen-bond donors (Lipinski definition) is 0. The molecule has 0 spiro atoms. The number of hydrogen-bond acceptors (Lipinski definition) is 6. The zero-order valence-corrected chi connectivity index (χ0v) is 12.8. The average molecular weight is 309 g/mol. The van der Waals surface area contributed by atoms with Gasteiger partial charge in [-0.25, -0.2) is 0 Å². The van der Waals surface area contributed by atoms with Crippen molar-refractivity contribution in [3.8, 4) is 34.3 Å². The highest BCUT2D eigenvalue weighted by atomic mass is 16.7. The molecule has 0 fully saturated rings. The minimum Gasteiger partial charge on any atom is -0.454 e. The summed E-state index contributed by atoms with van der Waals surface area (Å²) in [7, 11) is 4.00. The van der Waals surface area contributed by atoms with Crippen molar-refractivity contribution in [3.05, 3.63) is 42.5 Å². The maximum Gasteiger partial charge on any atom is 0.258 e. The van der Waals surface area contributed by atoms with Crippen LogP contribution in [0.5, 0.6) is 11.5 Å². The molecule has 0 N–H and O–H groups in total. The summed E-state index contributed by atoms with van der Waals surface area (Å²) in [4.78, 5) is 6.50. The molecule has 0 bridgehead atoms. The molecule has 0 aliphatic carbocycles. The fraction of sp³-hybridized carbons (Fsp3) is 0.176. The summed E-state index contributed by atoms with van der Waals surface area (Å²) >= 11 is 0. The Balaban J connectivity index is 1.63. The highest BCUT2D eigenvalue weighted by Gasteiger charge is 2.17. The molecule has 3 aromatic rings. The number of ether oxygens (including phenoxy) is 2. The van der Waals surface area contributed by atoms with E-state index in [9.17, 15) is 0 Å². The summed E-state index contributed by atoms with van der Waals surface area (Å²) in [5.41, 5.74) is 2.83. The van der Waals surface area contributed by atoms with Gasteiger partial charge in [0.15, 0.2) is 11.5 Å². The maximum atomic E-state index is 5.37. The van der Waals surface area contributed by atoms with Crippen molar-refractivity contribution >= 4 is 5.69 Å². The normalized spacial score (nSPS) is 12.4. The van der Waals surface area contributed by atoms with Gasteiger partial charge in [0.2, 0.25) is 12.6 Å². The van der Waals surface area contributed by atoms with E-state index >= 15 is 0 Å². The molecule has 2 aromatic carbocycles. The molecule has 0 atom stereocenters. The van der Waals surface area contributed by atoms with E-state index in [0.29, 0.717) is 17.5 Å².